The van der Waals surface area contributed by atoms with Crippen LogP contribution in [0.5, 0.6) is 0 Å². The number of hydrogen-bond acceptors (Lipinski definition) is 6. The SMILES string of the molecule is CCN(OCCNC(=O)Cn1c(C)ccc(NS(=O)(=O)c2cccc(C)c2)c1=O)C(=N)N. The van der Waals surface area contributed by atoms with Crippen LogP contribution in [0.2, 0.25) is 0 Å². The predicted octanol–water partition coefficient (Wildman–Crippen LogP) is 0.529. The Morgan fingerprint density at radius 1 is 1.25 bits per heavy atom. The van der Waals surface area contributed by atoms with Crippen LogP contribution in [-0.2, 0) is 26.2 Å². The number of carbonyl (C=O) groups is 1. The Kier molecular flexibility index (Phi) is 8.38. The van der Waals surface area contributed by atoms with Crippen molar-refractivity contribution in [2.75, 3.05) is 24.4 Å². The van der Waals surface area contributed by atoms with Gasteiger partial charge in [-0.25, -0.2) is 13.5 Å². The number of hydrogen-bond donors (Lipinski definition) is 4. The number of nitrogens with two attached hydrogens (primary N) is 1. The maximum atomic E-state index is 12.8. The number of aromatic nitrogens is 1. The number of carbonyl (C=O) groups excluding carboxylic acids is 1. The summed E-state index contributed by atoms with van der Waals surface area (Å²) < 4.78 is 28.8. The lowest BCUT2D eigenvalue weighted by molar-refractivity contribution is -0.124. The fraction of sp³-hybridized carbons (Fsp3) is 0.350. The molecule has 32 heavy (non-hydrogen) atoms. The van der Waals surface area contributed by atoms with Gasteiger partial charge in [-0.1, -0.05) is 12.1 Å². The largest absolute Gasteiger partial charge is 0.368 e. The number of benzene rings is 1. The van der Waals surface area contributed by atoms with Crippen molar-refractivity contribution >= 4 is 27.6 Å². The highest BCUT2D eigenvalue weighted by Crippen LogP contribution is 2.15. The number of nitrogens with one attached hydrogen (secondary N) is 3. The number of hydroxylamine groups is 2. The van der Waals surface area contributed by atoms with E-state index in [1.54, 1.807) is 39.0 Å². The fourth-order valence-corrected chi connectivity index (χ4v) is 3.97. The molecule has 2 rings (SSSR count). The highest BCUT2D eigenvalue weighted by atomic mass is 32.2. The third-order valence-corrected chi connectivity index (χ3v) is 5.83. The van der Waals surface area contributed by atoms with Gasteiger partial charge < -0.3 is 15.6 Å². The minimum Gasteiger partial charge on any atom is -0.368 e. The molecule has 0 bridgehead atoms. The number of anilines is 1. The molecule has 1 aromatic heterocycles. The van der Waals surface area contributed by atoms with Gasteiger partial charge in [-0.2, -0.15) is 0 Å². The third kappa shape index (κ3) is 6.56. The van der Waals surface area contributed by atoms with Gasteiger partial charge >= 0.3 is 0 Å². The number of rotatable bonds is 10. The van der Waals surface area contributed by atoms with Crippen LogP contribution in [0.25, 0.3) is 0 Å². The van der Waals surface area contributed by atoms with Gasteiger partial charge in [0.25, 0.3) is 15.6 Å². The highest BCUT2D eigenvalue weighted by Gasteiger charge is 2.18. The summed E-state index contributed by atoms with van der Waals surface area (Å²) >= 11 is 0. The average Bonchev–Trinajstić information content (AvgIpc) is 2.73. The van der Waals surface area contributed by atoms with Crippen LogP contribution in [0.3, 0.4) is 0 Å². The molecule has 0 saturated heterocycles. The molecule has 0 atom stereocenters. The molecule has 0 aliphatic rings. The topological polar surface area (TPSA) is 160 Å². The van der Waals surface area contributed by atoms with Crippen LogP contribution in [-0.4, -0.2) is 49.6 Å². The van der Waals surface area contributed by atoms with E-state index in [2.05, 4.69) is 10.0 Å². The molecule has 12 heteroatoms. The molecule has 0 aliphatic heterocycles. The van der Waals surface area contributed by atoms with E-state index in [-0.39, 0.29) is 36.2 Å². The van der Waals surface area contributed by atoms with Gasteiger partial charge in [0.2, 0.25) is 11.9 Å². The molecule has 1 aromatic carbocycles. The number of guanidine groups is 1. The van der Waals surface area contributed by atoms with Gasteiger partial charge in [0.15, 0.2) is 0 Å². The Bertz CT molecular complexity index is 1150. The minimum absolute atomic E-state index is 0.0356. The van der Waals surface area contributed by atoms with Crippen molar-refractivity contribution in [1.82, 2.24) is 14.9 Å². The van der Waals surface area contributed by atoms with E-state index in [1.165, 1.54) is 27.8 Å². The van der Waals surface area contributed by atoms with E-state index in [0.717, 1.165) is 5.56 Å². The molecule has 0 fully saturated rings. The van der Waals surface area contributed by atoms with Crippen LogP contribution in [0.15, 0.2) is 46.1 Å². The first-order valence-electron chi connectivity index (χ1n) is 9.86. The molecule has 0 saturated carbocycles. The maximum absolute atomic E-state index is 12.8. The molecule has 0 aliphatic carbocycles. The molecule has 1 amide bonds. The monoisotopic (exact) mass is 464 g/mol. The molecular weight excluding hydrogens is 436 g/mol. The van der Waals surface area contributed by atoms with Crippen molar-refractivity contribution in [3.8, 4) is 0 Å². The number of sulfonamides is 1. The summed E-state index contributed by atoms with van der Waals surface area (Å²) in [7, 11) is -3.96. The van der Waals surface area contributed by atoms with E-state index in [1.807, 2.05) is 0 Å². The van der Waals surface area contributed by atoms with Gasteiger partial charge in [0.05, 0.1) is 11.5 Å². The van der Waals surface area contributed by atoms with Crippen molar-refractivity contribution in [1.29, 1.82) is 5.41 Å². The molecule has 0 spiro atoms. The van der Waals surface area contributed by atoms with Crippen molar-refractivity contribution in [3.63, 3.8) is 0 Å². The Morgan fingerprint density at radius 2 is 1.97 bits per heavy atom. The lowest BCUT2D eigenvalue weighted by atomic mass is 10.2. The van der Waals surface area contributed by atoms with Crippen molar-refractivity contribution < 1.29 is 18.0 Å². The lowest BCUT2D eigenvalue weighted by Gasteiger charge is -2.19. The van der Waals surface area contributed by atoms with E-state index in [0.29, 0.717) is 12.2 Å². The number of pyridine rings is 1. The van der Waals surface area contributed by atoms with Gasteiger partial charge in [-0.05, 0) is 50.6 Å². The predicted molar refractivity (Wildman–Crippen MR) is 121 cm³/mol. The van der Waals surface area contributed by atoms with Crippen LogP contribution in [0.1, 0.15) is 18.2 Å². The fourth-order valence-electron chi connectivity index (χ4n) is 2.81. The van der Waals surface area contributed by atoms with E-state index < -0.39 is 21.5 Å². The van der Waals surface area contributed by atoms with Gasteiger partial charge in [-0.15, -0.1) is 0 Å². The Balaban J connectivity index is 2.07. The minimum atomic E-state index is -3.96. The van der Waals surface area contributed by atoms with Crippen LogP contribution < -0.4 is 21.3 Å². The standard InChI is InChI=1S/C20H28N6O5S/c1-4-26(20(21)22)31-11-10-23-18(27)13-25-15(3)8-9-17(19(25)28)24-32(29,30)16-7-5-6-14(2)12-16/h5-9,12,24H,4,10-11,13H2,1-3H3,(H3,21,22)(H,23,27). The lowest BCUT2D eigenvalue weighted by Crippen LogP contribution is -2.39. The number of nitrogens with zero attached hydrogens (tertiary/aromatic N) is 2. The second-order valence-electron chi connectivity index (χ2n) is 6.96. The summed E-state index contributed by atoms with van der Waals surface area (Å²) in [6.45, 7) is 5.47. The molecule has 11 nitrogen and oxygen atoms in total. The van der Waals surface area contributed by atoms with Crippen molar-refractivity contribution in [2.24, 2.45) is 5.73 Å². The number of aryl methyl sites for hydroxylation is 2. The summed E-state index contributed by atoms with van der Waals surface area (Å²) in [4.78, 5) is 30.4. The van der Waals surface area contributed by atoms with E-state index in [4.69, 9.17) is 16.0 Å². The molecule has 174 valence electrons. The first-order valence-corrected chi connectivity index (χ1v) is 11.3. The second-order valence-corrected chi connectivity index (χ2v) is 8.65. The summed E-state index contributed by atoms with van der Waals surface area (Å²) in [6, 6.07) is 9.23. The summed E-state index contributed by atoms with van der Waals surface area (Å²) in [5, 5.41) is 11.1. The molecule has 1 heterocycles. The van der Waals surface area contributed by atoms with Gasteiger partial charge in [0.1, 0.15) is 12.2 Å². The maximum Gasteiger partial charge on any atom is 0.275 e. The molecule has 0 radical (unpaired) electrons. The molecule has 5 N–H and O–H groups in total. The zero-order valence-electron chi connectivity index (χ0n) is 18.2. The number of amides is 1. The van der Waals surface area contributed by atoms with Gasteiger partial charge in [-0.3, -0.25) is 24.6 Å². The first kappa shape index (κ1) is 24.9. The summed E-state index contributed by atoms with van der Waals surface area (Å²) in [5.41, 5.74) is 5.80. The van der Waals surface area contributed by atoms with Crippen molar-refractivity contribution in [3.05, 3.63) is 58.0 Å². The summed E-state index contributed by atoms with van der Waals surface area (Å²) in [5.74, 6) is -0.700. The molecule has 2 aromatic rings. The first-order chi connectivity index (χ1) is 15.0. The Morgan fingerprint density at radius 3 is 2.59 bits per heavy atom. The zero-order chi connectivity index (χ0) is 23.9. The average molecular weight is 465 g/mol. The molecular formula is C20H28N6O5S. The second kappa shape index (κ2) is 10.8. The normalized spacial score (nSPS) is 11.1. The quantitative estimate of drug-likeness (QED) is 0.173. The molecule has 0 unspecified atom stereocenters. The Labute approximate surface area is 186 Å². The zero-order valence-corrected chi connectivity index (χ0v) is 19.0. The van der Waals surface area contributed by atoms with Crippen LogP contribution in [0, 0.1) is 19.3 Å². The van der Waals surface area contributed by atoms with E-state index >= 15 is 0 Å². The van der Waals surface area contributed by atoms with Crippen molar-refractivity contribution in [2.45, 2.75) is 32.2 Å². The Hall–Kier alpha value is -3.38. The van der Waals surface area contributed by atoms with Crippen LogP contribution >= 0.6 is 0 Å². The highest BCUT2D eigenvalue weighted by molar-refractivity contribution is 7.92. The summed E-state index contributed by atoms with van der Waals surface area (Å²) in [6.07, 6.45) is 0. The van der Waals surface area contributed by atoms with Gasteiger partial charge in [0, 0.05) is 18.8 Å². The van der Waals surface area contributed by atoms with Crippen LogP contribution in [0.4, 0.5) is 5.69 Å². The van der Waals surface area contributed by atoms with E-state index in [9.17, 15) is 18.0 Å². The third-order valence-electron chi connectivity index (χ3n) is 4.47. The smallest absolute Gasteiger partial charge is 0.275 e.